The fraction of sp³-hybridized carbons (Fsp3) is 0.143. The molecule has 6 aromatic carbocycles. The normalized spacial score (nSPS) is 11.2. The molecule has 6 aromatic rings. The fourth-order valence-electron chi connectivity index (χ4n) is 6.48. The van der Waals surface area contributed by atoms with Crippen LogP contribution >= 0.6 is 31.7 Å². The molecule has 0 atom stereocenters. The molecule has 0 saturated carbocycles. The maximum Gasteiger partial charge on any atom is 0.0999 e. The summed E-state index contributed by atoms with van der Waals surface area (Å²) in [4.78, 5) is 0. The minimum absolute atomic E-state index is 0. The van der Waals surface area contributed by atoms with Crippen molar-refractivity contribution in [3.63, 3.8) is 0 Å². The smallest absolute Gasteiger partial charge is 0.0620 e. The quantitative estimate of drug-likeness (QED) is 0.0926. The minimum atomic E-state index is -0.835. The summed E-state index contributed by atoms with van der Waals surface area (Å²) >= 11 is 0. The van der Waals surface area contributed by atoms with Crippen molar-refractivity contribution >= 4 is 63.5 Å². The van der Waals surface area contributed by atoms with Crippen LogP contribution in [0.5, 0.6) is 0 Å². The molecule has 240 valence electrons. The molecule has 0 saturated heterocycles. The van der Waals surface area contributed by atoms with Crippen molar-refractivity contribution in [2.24, 2.45) is 0 Å². The second-order valence-electron chi connectivity index (χ2n) is 11.9. The zero-order valence-corrected chi connectivity index (χ0v) is 33.2. The van der Waals surface area contributed by atoms with Gasteiger partial charge in [0.1, 0.15) is 0 Å². The molecule has 0 heterocycles. The first kappa shape index (κ1) is 36.0. The Morgan fingerprint density at radius 2 is 0.404 bits per heavy atom. The molecule has 6 rings (SSSR count). The van der Waals surface area contributed by atoms with E-state index in [1.165, 1.54) is 37.0 Å². The predicted octanol–water partition coefficient (Wildman–Crippen LogP) is 7.79. The molecule has 5 heteroatoms. The maximum absolute atomic E-state index is 2.38. The topological polar surface area (TPSA) is 0 Å². The first-order valence-electron chi connectivity index (χ1n) is 16.6. The van der Waals surface area contributed by atoms with Crippen LogP contribution in [0.25, 0.3) is 0 Å². The molecule has 0 amide bonds. The van der Waals surface area contributed by atoms with Crippen LogP contribution in [0.1, 0.15) is 0 Å². The largest absolute Gasteiger partial charge is 0.0999 e. The van der Waals surface area contributed by atoms with Gasteiger partial charge in [0.15, 0.2) is 0 Å². The van der Waals surface area contributed by atoms with Crippen molar-refractivity contribution in [1.29, 1.82) is 0 Å². The molecule has 0 unspecified atom stereocenters. The Hall–Kier alpha value is -2.27. The van der Waals surface area contributed by atoms with Crippen LogP contribution in [0.2, 0.25) is 0 Å². The summed E-state index contributed by atoms with van der Waals surface area (Å²) in [7, 11) is -3.10. The van der Waals surface area contributed by atoms with E-state index in [2.05, 4.69) is 182 Å². The Balaban J connectivity index is 0.00000433. The first-order chi connectivity index (χ1) is 22.8. The summed E-state index contributed by atoms with van der Waals surface area (Å²) in [5, 5.41) is 9.31. The summed E-state index contributed by atoms with van der Waals surface area (Å²) in [6.07, 6.45) is 8.14. The van der Waals surface area contributed by atoms with Crippen molar-refractivity contribution in [2.75, 3.05) is 37.0 Å². The Morgan fingerprint density at radius 1 is 0.234 bits per heavy atom. The van der Waals surface area contributed by atoms with Crippen molar-refractivity contribution in [3.05, 3.63) is 182 Å². The van der Waals surface area contributed by atoms with Gasteiger partial charge in [0.25, 0.3) is 0 Å². The molecule has 0 N–H and O–H groups in total. The van der Waals surface area contributed by atoms with Gasteiger partial charge in [-0.1, -0.05) is 109 Å². The van der Waals surface area contributed by atoms with Crippen LogP contribution in [0, 0.1) is 0 Å². The number of rotatable bonds is 15. The van der Waals surface area contributed by atoms with Gasteiger partial charge in [-0.25, -0.2) is 0 Å². The van der Waals surface area contributed by atoms with Gasteiger partial charge in [-0.3, -0.25) is 0 Å². The molecule has 0 aliphatic carbocycles. The van der Waals surface area contributed by atoms with Crippen LogP contribution in [0.15, 0.2) is 182 Å². The van der Waals surface area contributed by atoms with E-state index in [1.807, 2.05) is 0 Å². The van der Waals surface area contributed by atoms with Gasteiger partial charge in [0, 0.05) is 29.0 Å². The SMILES string of the molecule is [Pt].c1ccc([PH+](CC[PH+](CC[PH+](c2ccccc2)c2ccccc2)CC[PH+](c2ccccc2)c2ccccc2)c2ccccc2)cc1. The summed E-state index contributed by atoms with van der Waals surface area (Å²) < 4.78 is 0. The standard InChI is InChI=1S/C42H42P4.Pt/c1-7-19-37(20-8-1)44(38-21-9-2-10-22-38)34-31-43(32-35-45(39-23-11-3-12-24-39)40-25-13-4-14-26-40)33-36-46(41-27-15-5-16-28-41)42-29-17-6-18-30-42;/h1-30H,31-36H2;/p+4. The summed E-state index contributed by atoms with van der Waals surface area (Å²) in [5.74, 6) is 0. The molecule has 0 radical (unpaired) electrons. The third-order valence-electron chi connectivity index (χ3n) is 8.92. The van der Waals surface area contributed by atoms with Gasteiger partial charge in [0.05, 0.1) is 92.6 Å². The van der Waals surface area contributed by atoms with E-state index in [0.717, 1.165) is 0 Å². The Morgan fingerprint density at radius 3 is 0.574 bits per heavy atom. The fourth-order valence-corrected chi connectivity index (χ4v) is 20.8. The maximum atomic E-state index is 2.38. The molecular weight excluding hydrogens is 823 g/mol. The Labute approximate surface area is 301 Å². The van der Waals surface area contributed by atoms with E-state index in [1.54, 1.807) is 31.8 Å². The average molecular weight is 870 g/mol. The molecule has 0 nitrogen and oxygen atoms in total. The Bertz CT molecular complexity index is 1360. The van der Waals surface area contributed by atoms with Crippen molar-refractivity contribution in [3.8, 4) is 0 Å². The van der Waals surface area contributed by atoms with Gasteiger partial charge in [0.2, 0.25) is 0 Å². The minimum Gasteiger partial charge on any atom is -0.0620 e. The van der Waals surface area contributed by atoms with Crippen molar-refractivity contribution < 1.29 is 21.1 Å². The third kappa shape index (κ3) is 10.6. The van der Waals surface area contributed by atoms with Crippen LogP contribution in [0.4, 0.5) is 0 Å². The van der Waals surface area contributed by atoms with Gasteiger partial charge < -0.3 is 0 Å². The van der Waals surface area contributed by atoms with E-state index < -0.39 is 31.7 Å². The van der Waals surface area contributed by atoms with Crippen LogP contribution in [-0.4, -0.2) is 37.0 Å². The molecule has 0 bridgehead atoms. The van der Waals surface area contributed by atoms with Crippen LogP contribution in [0.3, 0.4) is 0 Å². The summed E-state index contributed by atoms with van der Waals surface area (Å²) in [5.41, 5.74) is 0. The van der Waals surface area contributed by atoms with E-state index in [9.17, 15) is 0 Å². The second kappa shape index (κ2) is 19.7. The predicted molar refractivity (Wildman–Crippen MR) is 219 cm³/mol. The zero-order chi connectivity index (χ0) is 31.2. The van der Waals surface area contributed by atoms with Gasteiger partial charge in [-0.05, 0) is 72.8 Å². The first-order valence-corrected chi connectivity index (χ1v) is 23.8. The summed E-state index contributed by atoms with van der Waals surface area (Å²) in [6, 6.07) is 68.4. The van der Waals surface area contributed by atoms with Crippen molar-refractivity contribution in [1.82, 2.24) is 0 Å². The average Bonchev–Trinajstić information content (AvgIpc) is 3.14. The second-order valence-corrected chi connectivity index (χ2v) is 22.7. The number of hydrogen-bond acceptors (Lipinski definition) is 0. The molecular formula is C42H46P4Pt+4. The number of benzene rings is 6. The van der Waals surface area contributed by atoms with Gasteiger partial charge >= 0.3 is 0 Å². The molecule has 0 aliphatic rings. The van der Waals surface area contributed by atoms with E-state index in [0.29, 0.717) is 0 Å². The van der Waals surface area contributed by atoms with E-state index in [-0.39, 0.29) is 21.1 Å². The molecule has 0 aromatic heterocycles. The molecule has 0 spiro atoms. The van der Waals surface area contributed by atoms with E-state index >= 15 is 0 Å². The van der Waals surface area contributed by atoms with E-state index in [4.69, 9.17) is 0 Å². The van der Waals surface area contributed by atoms with Crippen LogP contribution in [-0.2, 0) is 21.1 Å². The van der Waals surface area contributed by atoms with Gasteiger partial charge in [-0.2, -0.15) is 0 Å². The Kier molecular flexibility index (Phi) is 15.1. The molecule has 0 aliphatic heterocycles. The van der Waals surface area contributed by atoms with Gasteiger partial charge in [-0.15, -0.1) is 0 Å². The zero-order valence-electron chi connectivity index (χ0n) is 26.9. The van der Waals surface area contributed by atoms with Crippen LogP contribution < -0.4 is 31.8 Å². The monoisotopic (exact) mass is 869 g/mol. The van der Waals surface area contributed by atoms with Crippen molar-refractivity contribution in [2.45, 2.75) is 0 Å². The molecule has 47 heavy (non-hydrogen) atoms. The molecule has 0 fully saturated rings. The third-order valence-corrected chi connectivity index (χ3v) is 21.7. The summed E-state index contributed by atoms with van der Waals surface area (Å²) in [6.45, 7) is 0. The number of hydrogen-bond donors (Lipinski definition) is 0.